The maximum atomic E-state index is 12.8. The third kappa shape index (κ3) is 2.88. The number of carboxylic acids is 1. The van der Waals surface area contributed by atoms with Crippen molar-refractivity contribution >= 4 is 25.4 Å². The molecule has 0 spiro atoms. The van der Waals surface area contributed by atoms with Gasteiger partial charge in [0.1, 0.15) is 0 Å². The fourth-order valence-corrected chi connectivity index (χ4v) is 5.35. The third-order valence-electron chi connectivity index (χ3n) is 3.40. The number of benzene rings is 1. The molecule has 5 heteroatoms. The fraction of sp³-hybridized carbons (Fsp3) is 0.357. The summed E-state index contributed by atoms with van der Waals surface area (Å²) in [4.78, 5) is 11.6. The van der Waals surface area contributed by atoms with Crippen LogP contribution in [-0.2, 0) is 4.79 Å². The van der Waals surface area contributed by atoms with Crippen molar-refractivity contribution in [2.24, 2.45) is 5.92 Å². The Morgan fingerprint density at radius 1 is 1.37 bits per heavy atom. The average Bonchev–Trinajstić information content (AvgIpc) is 2.69. The Bertz CT molecular complexity index is 511. The summed E-state index contributed by atoms with van der Waals surface area (Å²) >= 11 is -0.356. The number of halogens is 2. The Balaban J connectivity index is 2.32. The number of aliphatic carboxylic acids is 1. The first-order valence-corrected chi connectivity index (χ1v) is 7.67. The van der Waals surface area contributed by atoms with Crippen molar-refractivity contribution in [2.75, 3.05) is 0 Å². The SMILES string of the molecule is C[C@H]1CC([Se]c2ccccc2)(C(=O)O)CC1=C(F)F. The number of rotatable bonds is 3. The van der Waals surface area contributed by atoms with Gasteiger partial charge in [0.05, 0.1) is 0 Å². The van der Waals surface area contributed by atoms with Crippen LogP contribution in [0.15, 0.2) is 42.0 Å². The fourth-order valence-electron chi connectivity index (χ4n) is 2.42. The minimum absolute atomic E-state index is 0.0141. The van der Waals surface area contributed by atoms with E-state index >= 15 is 0 Å². The van der Waals surface area contributed by atoms with Gasteiger partial charge in [0.25, 0.3) is 0 Å². The molecule has 0 aromatic heterocycles. The Kier molecular flexibility index (Phi) is 4.07. The van der Waals surface area contributed by atoms with E-state index in [9.17, 15) is 18.7 Å². The van der Waals surface area contributed by atoms with Crippen molar-refractivity contribution in [3.05, 3.63) is 42.0 Å². The zero-order valence-corrected chi connectivity index (χ0v) is 12.1. The van der Waals surface area contributed by atoms with Crippen LogP contribution in [0.25, 0.3) is 0 Å². The second kappa shape index (κ2) is 5.43. The van der Waals surface area contributed by atoms with Gasteiger partial charge in [0, 0.05) is 0 Å². The van der Waals surface area contributed by atoms with Crippen molar-refractivity contribution < 1.29 is 18.7 Å². The molecule has 2 atom stereocenters. The first-order chi connectivity index (χ1) is 8.94. The Morgan fingerprint density at radius 3 is 2.47 bits per heavy atom. The Hall–Kier alpha value is -1.19. The number of allylic oxidation sites excluding steroid dienone is 1. The van der Waals surface area contributed by atoms with Crippen LogP contribution in [0.2, 0.25) is 4.31 Å². The zero-order chi connectivity index (χ0) is 14.0. The van der Waals surface area contributed by atoms with Gasteiger partial charge >= 0.3 is 116 Å². The monoisotopic (exact) mass is 332 g/mol. The molecule has 1 aliphatic carbocycles. The van der Waals surface area contributed by atoms with E-state index in [1.54, 1.807) is 6.92 Å². The molecule has 1 fully saturated rings. The van der Waals surface area contributed by atoms with Crippen molar-refractivity contribution in [1.82, 2.24) is 0 Å². The maximum absolute atomic E-state index is 12.8. The van der Waals surface area contributed by atoms with Crippen LogP contribution in [0.4, 0.5) is 8.78 Å². The molecular weight excluding hydrogens is 317 g/mol. The Labute approximate surface area is 116 Å². The number of carboxylic acid groups (broad SMARTS) is 1. The molecule has 0 saturated heterocycles. The van der Waals surface area contributed by atoms with Crippen LogP contribution < -0.4 is 4.46 Å². The molecule has 0 heterocycles. The summed E-state index contributed by atoms with van der Waals surface area (Å²) in [5.41, 5.74) is 0.0141. The second-order valence-corrected chi connectivity index (χ2v) is 7.84. The quantitative estimate of drug-likeness (QED) is 0.865. The first-order valence-electron chi connectivity index (χ1n) is 5.96. The second-order valence-electron chi connectivity index (χ2n) is 4.78. The van der Waals surface area contributed by atoms with Crippen molar-refractivity contribution in [1.29, 1.82) is 0 Å². The van der Waals surface area contributed by atoms with Crippen LogP contribution in [0.5, 0.6) is 0 Å². The van der Waals surface area contributed by atoms with Crippen LogP contribution in [0.3, 0.4) is 0 Å². The van der Waals surface area contributed by atoms with Crippen LogP contribution in [0, 0.1) is 5.92 Å². The third-order valence-corrected chi connectivity index (χ3v) is 6.30. The topological polar surface area (TPSA) is 37.3 Å². The molecule has 1 aromatic rings. The van der Waals surface area contributed by atoms with E-state index in [1.807, 2.05) is 30.3 Å². The summed E-state index contributed by atoms with van der Waals surface area (Å²) in [6.45, 7) is 1.68. The summed E-state index contributed by atoms with van der Waals surface area (Å²) in [5.74, 6) is -1.31. The molecule has 1 aromatic carbocycles. The summed E-state index contributed by atoms with van der Waals surface area (Å²) in [5, 5.41) is 9.49. The Morgan fingerprint density at radius 2 is 2.00 bits per heavy atom. The summed E-state index contributed by atoms with van der Waals surface area (Å²) in [6.07, 6.45) is -1.44. The molecule has 1 aliphatic rings. The summed E-state index contributed by atoms with van der Waals surface area (Å²) in [7, 11) is 0. The molecule has 1 unspecified atom stereocenters. The molecule has 0 aliphatic heterocycles. The molecule has 0 amide bonds. The van der Waals surface area contributed by atoms with Gasteiger partial charge in [-0.2, -0.15) is 0 Å². The molecule has 1 N–H and O–H groups in total. The van der Waals surface area contributed by atoms with Crippen LogP contribution >= 0.6 is 0 Å². The van der Waals surface area contributed by atoms with E-state index in [2.05, 4.69) is 0 Å². The van der Waals surface area contributed by atoms with Gasteiger partial charge in [0.2, 0.25) is 0 Å². The van der Waals surface area contributed by atoms with Gasteiger partial charge in [-0.25, -0.2) is 0 Å². The van der Waals surface area contributed by atoms with Crippen molar-refractivity contribution in [3.63, 3.8) is 0 Å². The number of hydrogen-bond acceptors (Lipinski definition) is 1. The van der Waals surface area contributed by atoms with Gasteiger partial charge in [-0.3, -0.25) is 0 Å². The molecular formula is C14H14F2O2Se. The first kappa shape index (κ1) is 14.2. The van der Waals surface area contributed by atoms with E-state index in [0.717, 1.165) is 4.46 Å². The predicted molar refractivity (Wildman–Crippen MR) is 69.8 cm³/mol. The summed E-state index contributed by atoms with van der Waals surface area (Å²) in [6, 6.07) is 9.28. The molecule has 2 nitrogen and oxygen atoms in total. The summed E-state index contributed by atoms with van der Waals surface area (Å²) < 4.78 is 25.6. The zero-order valence-electron chi connectivity index (χ0n) is 10.4. The average molecular weight is 331 g/mol. The van der Waals surface area contributed by atoms with Crippen LogP contribution in [-0.4, -0.2) is 26.0 Å². The van der Waals surface area contributed by atoms with Crippen molar-refractivity contribution in [2.45, 2.75) is 24.1 Å². The standard InChI is InChI=1S/C14H14F2O2Se/c1-9-7-14(13(17)18,8-11(9)12(15)16)19-10-5-3-2-4-6-10/h2-6,9H,7-8H2,1H3,(H,17,18)/t9-,14?/m0/s1. The molecule has 102 valence electrons. The number of carbonyl (C=O) groups is 1. The number of hydrogen-bond donors (Lipinski definition) is 1. The van der Waals surface area contributed by atoms with Gasteiger partial charge in [-0.05, 0) is 0 Å². The normalized spacial score (nSPS) is 26.5. The van der Waals surface area contributed by atoms with Gasteiger partial charge < -0.3 is 0 Å². The van der Waals surface area contributed by atoms with Gasteiger partial charge in [0.15, 0.2) is 0 Å². The molecule has 19 heavy (non-hydrogen) atoms. The van der Waals surface area contributed by atoms with E-state index in [1.165, 1.54) is 0 Å². The minimum atomic E-state index is -1.71. The van der Waals surface area contributed by atoms with Gasteiger partial charge in [-0.1, -0.05) is 0 Å². The van der Waals surface area contributed by atoms with E-state index < -0.39 is 16.4 Å². The van der Waals surface area contributed by atoms with E-state index in [-0.39, 0.29) is 32.9 Å². The van der Waals surface area contributed by atoms with Gasteiger partial charge in [-0.15, -0.1) is 0 Å². The molecule has 2 rings (SSSR count). The van der Waals surface area contributed by atoms with Crippen LogP contribution in [0.1, 0.15) is 19.8 Å². The molecule has 0 radical (unpaired) electrons. The molecule has 1 saturated carbocycles. The molecule has 0 bridgehead atoms. The van der Waals surface area contributed by atoms with E-state index in [4.69, 9.17) is 0 Å². The van der Waals surface area contributed by atoms with E-state index in [0.29, 0.717) is 6.42 Å². The predicted octanol–water partition coefficient (Wildman–Crippen LogP) is 2.84. The van der Waals surface area contributed by atoms with Crippen molar-refractivity contribution in [3.8, 4) is 0 Å².